The third-order valence-corrected chi connectivity index (χ3v) is 5.69. The van der Waals surface area contributed by atoms with Crippen LogP contribution in [0.5, 0.6) is 0 Å². The number of benzene rings is 1. The number of piperazine rings is 1. The molecule has 2 aliphatic heterocycles. The van der Waals surface area contributed by atoms with E-state index in [4.69, 9.17) is 0 Å². The summed E-state index contributed by atoms with van der Waals surface area (Å²) < 4.78 is 0. The Hall–Kier alpha value is -1.43. The number of rotatable bonds is 7. The maximum absolute atomic E-state index is 12.6. The van der Waals surface area contributed by atoms with Crippen molar-refractivity contribution in [3.8, 4) is 0 Å². The Morgan fingerprint density at radius 1 is 1.20 bits per heavy atom. The molecule has 1 aromatic carbocycles. The fraction of sp³-hybridized carbons (Fsp3) is 0.650. The van der Waals surface area contributed by atoms with Crippen molar-refractivity contribution >= 4 is 5.91 Å². The quantitative estimate of drug-likeness (QED) is 0.805. The Morgan fingerprint density at radius 3 is 2.48 bits per heavy atom. The molecule has 2 fully saturated rings. The molecule has 0 spiro atoms. The van der Waals surface area contributed by atoms with Gasteiger partial charge in [-0.3, -0.25) is 9.69 Å². The van der Waals surface area contributed by atoms with E-state index in [0.29, 0.717) is 11.8 Å². The van der Waals surface area contributed by atoms with Crippen molar-refractivity contribution in [1.82, 2.24) is 20.0 Å². The summed E-state index contributed by atoms with van der Waals surface area (Å²) in [5, 5.41) is 3.27. The minimum Gasteiger partial charge on any atom is -0.340 e. The van der Waals surface area contributed by atoms with E-state index in [2.05, 4.69) is 64.3 Å². The third kappa shape index (κ3) is 5.03. The Morgan fingerprint density at radius 2 is 1.88 bits per heavy atom. The van der Waals surface area contributed by atoms with E-state index in [1.807, 2.05) is 0 Å². The minimum absolute atomic E-state index is 0.171. The summed E-state index contributed by atoms with van der Waals surface area (Å²) >= 11 is 0. The average molecular weight is 345 g/mol. The Labute approximate surface area is 152 Å². The van der Waals surface area contributed by atoms with E-state index in [1.54, 1.807) is 0 Å². The molecule has 0 aromatic heterocycles. The van der Waals surface area contributed by atoms with Gasteiger partial charge in [0.2, 0.25) is 5.91 Å². The molecule has 1 unspecified atom stereocenters. The van der Waals surface area contributed by atoms with Crippen LogP contribution in [0.4, 0.5) is 0 Å². The highest BCUT2D eigenvalue weighted by Gasteiger charge is 2.32. The fourth-order valence-electron chi connectivity index (χ4n) is 3.63. The second-order valence-corrected chi connectivity index (χ2v) is 7.60. The summed E-state index contributed by atoms with van der Waals surface area (Å²) in [7, 11) is 2.18. The maximum atomic E-state index is 12.6. The zero-order chi connectivity index (χ0) is 17.6. The molecule has 0 aliphatic carbocycles. The standard InChI is InChI=1S/C20H32N4O/c1-17(19-14-21-15-19)20(25)24-12-10-23(11-13-24)9-8-22(2)16-18-6-4-3-5-7-18/h3-7,17,19,21H,8-16H2,1-2H3. The van der Waals surface area contributed by atoms with Crippen LogP contribution >= 0.6 is 0 Å². The van der Waals surface area contributed by atoms with Gasteiger partial charge in [-0.1, -0.05) is 37.3 Å². The van der Waals surface area contributed by atoms with Gasteiger partial charge in [-0.15, -0.1) is 0 Å². The molecule has 1 amide bonds. The number of nitrogens with one attached hydrogen (secondary N) is 1. The lowest BCUT2D eigenvalue weighted by molar-refractivity contribution is -0.139. The van der Waals surface area contributed by atoms with Crippen molar-refractivity contribution in [2.75, 3.05) is 59.4 Å². The molecule has 1 atom stereocenters. The van der Waals surface area contributed by atoms with Crippen LogP contribution in [0.25, 0.3) is 0 Å². The van der Waals surface area contributed by atoms with Gasteiger partial charge in [-0.05, 0) is 31.6 Å². The van der Waals surface area contributed by atoms with Crippen LogP contribution in [0, 0.1) is 11.8 Å². The van der Waals surface area contributed by atoms with E-state index in [9.17, 15) is 4.79 Å². The molecule has 3 rings (SSSR count). The lowest BCUT2D eigenvalue weighted by Crippen LogP contribution is -2.55. The second kappa shape index (κ2) is 8.79. The van der Waals surface area contributed by atoms with E-state index in [-0.39, 0.29) is 5.92 Å². The van der Waals surface area contributed by atoms with E-state index in [0.717, 1.165) is 58.9 Å². The van der Waals surface area contributed by atoms with Crippen LogP contribution in [0.3, 0.4) is 0 Å². The van der Waals surface area contributed by atoms with E-state index in [1.165, 1.54) is 5.56 Å². The van der Waals surface area contributed by atoms with Crippen molar-refractivity contribution in [1.29, 1.82) is 0 Å². The van der Waals surface area contributed by atoms with Crippen LogP contribution in [0.15, 0.2) is 30.3 Å². The van der Waals surface area contributed by atoms with Crippen LogP contribution in [-0.4, -0.2) is 80.0 Å². The smallest absolute Gasteiger partial charge is 0.225 e. The molecule has 0 saturated carbocycles. The van der Waals surface area contributed by atoms with Gasteiger partial charge in [0.05, 0.1) is 0 Å². The number of nitrogens with zero attached hydrogens (tertiary/aromatic N) is 3. The van der Waals surface area contributed by atoms with Gasteiger partial charge in [-0.25, -0.2) is 0 Å². The molecule has 2 saturated heterocycles. The van der Waals surface area contributed by atoms with Crippen LogP contribution in [-0.2, 0) is 11.3 Å². The molecule has 5 nitrogen and oxygen atoms in total. The molecule has 138 valence electrons. The van der Waals surface area contributed by atoms with Gasteiger partial charge < -0.3 is 15.1 Å². The van der Waals surface area contributed by atoms with Gasteiger partial charge in [-0.2, -0.15) is 0 Å². The van der Waals surface area contributed by atoms with Gasteiger partial charge in [0.25, 0.3) is 0 Å². The van der Waals surface area contributed by atoms with Crippen molar-refractivity contribution < 1.29 is 4.79 Å². The molecular formula is C20H32N4O. The summed E-state index contributed by atoms with van der Waals surface area (Å²) in [4.78, 5) is 19.5. The number of hydrogen-bond donors (Lipinski definition) is 1. The molecule has 2 heterocycles. The lowest BCUT2D eigenvalue weighted by atomic mass is 9.88. The second-order valence-electron chi connectivity index (χ2n) is 7.60. The highest BCUT2D eigenvalue weighted by molar-refractivity contribution is 5.79. The average Bonchev–Trinajstić information content (AvgIpc) is 2.59. The Bertz CT molecular complexity index is 538. The highest BCUT2D eigenvalue weighted by atomic mass is 16.2. The number of amides is 1. The predicted octanol–water partition coefficient (Wildman–Crippen LogP) is 1.12. The van der Waals surface area contributed by atoms with Crippen molar-refractivity contribution in [3.63, 3.8) is 0 Å². The molecule has 5 heteroatoms. The number of likely N-dealkylation sites (N-methyl/N-ethyl adjacent to an activating group) is 1. The summed E-state index contributed by atoms with van der Waals surface area (Å²) in [5.41, 5.74) is 1.36. The molecule has 0 radical (unpaired) electrons. The summed E-state index contributed by atoms with van der Waals surface area (Å²) in [5.74, 6) is 1.06. The van der Waals surface area contributed by atoms with Crippen LogP contribution in [0.1, 0.15) is 12.5 Å². The molecule has 1 aromatic rings. The van der Waals surface area contributed by atoms with E-state index < -0.39 is 0 Å². The van der Waals surface area contributed by atoms with E-state index >= 15 is 0 Å². The topological polar surface area (TPSA) is 38.8 Å². The zero-order valence-electron chi connectivity index (χ0n) is 15.7. The first-order chi connectivity index (χ1) is 12.1. The maximum Gasteiger partial charge on any atom is 0.225 e. The highest BCUT2D eigenvalue weighted by Crippen LogP contribution is 2.19. The van der Waals surface area contributed by atoms with Gasteiger partial charge in [0, 0.05) is 51.7 Å². The Balaban J connectivity index is 1.35. The van der Waals surface area contributed by atoms with Gasteiger partial charge >= 0.3 is 0 Å². The number of carbonyl (C=O) groups excluding carboxylic acids is 1. The largest absolute Gasteiger partial charge is 0.340 e. The SMILES string of the molecule is CC(C(=O)N1CCN(CCN(C)Cc2ccccc2)CC1)C1CNC1. The Kier molecular flexibility index (Phi) is 6.45. The molecule has 0 bridgehead atoms. The van der Waals surface area contributed by atoms with Crippen LogP contribution < -0.4 is 5.32 Å². The normalized spacial score (nSPS) is 20.5. The van der Waals surface area contributed by atoms with Crippen molar-refractivity contribution in [2.24, 2.45) is 11.8 Å². The summed E-state index contributed by atoms with van der Waals surface area (Å²) in [6.07, 6.45) is 0. The number of hydrogen-bond acceptors (Lipinski definition) is 4. The summed E-state index contributed by atoms with van der Waals surface area (Å²) in [6, 6.07) is 10.6. The molecule has 2 aliphatic rings. The number of carbonyl (C=O) groups is 1. The van der Waals surface area contributed by atoms with Crippen molar-refractivity contribution in [2.45, 2.75) is 13.5 Å². The van der Waals surface area contributed by atoms with Gasteiger partial charge in [0.15, 0.2) is 0 Å². The minimum atomic E-state index is 0.171. The molecular weight excluding hydrogens is 312 g/mol. The monoisotopic (exact) mass is 344 g/mol. The zero-order valence-corrected chi connectivity index (χ0v) is 15.7. The third-order valence-electron chi connectivity index (χ3n) is 5.69. The predicted molar refractivity (Wildman–Crippen MR) is 101 cm³/mol. The lowest BCUT2D eigenvalue weighted by Gasteiger charge is -2.39. The fourth-order valence-corrected chi connectivity index (χ4v) is 3.63. The first-order valence-corrected chi connectivity index (χ1v) is 9.58. The first kappa shape index (κ1) is 18.4. The van der Waals surface area contributed by atoms with Crippen molar-refractivity contribution in [3.05, 3.63) is 35.9 Å². The summed E-state index contributed by atoms with van der Waals surface area (Å²) in [6.45, 7) is 11.0. The first-order valence-electron chi connectivity index (χ1n) is 9.58. The van der Waals surface area contributed by atoms with Crippen LogP contribution in [0.2, 0.25) is 0 Å². The van der Waals surface area contributed by atoms with Gasteiger partial charge in [0.1, 0.15) is 0 Å². The molecule has 1 N–H and O–H groups in total. The molecule has 25 heavy (non-hydrogen) atoms.